The topological polar surface area (TPSA) is 120 Å². The first kappa shape index (κ1) is 17.8. The highest BCUT2D eigenvalue weighted by atomic mass is 32.2. The molecule has 23 heavy (non-hydrogen) atoms. The lowest BCUT2D eigenvalue weighted by molar-refractivity contribution is -0.107. The summed E-state index contributed by atoms with van der Waals surface area (Å²) in [6.45, 7) is 1.57. The third-order valence-corrected chi connectivity index (χ3v) is 4.66. The van der Waals surface area contributed by atoms with E-state index in [2.05, 4.69) is 9.71 Å². The van der Waals surface area contributed by atoms with Gasteiger partial charge in [-0.15, -0.1) is 0 Å². The number of hydrogen-bond donors (Lipinski definition) is 3. The number of rotatable bonds is 4. The molecule has 3 N–H and O–H groups in total. The van der Waals surface area contributed by atoms with Crippen LogP contribution in [-0.4, -0.2) is 72.0 Å². The highest BCUT2D eigenvalue weighted by molar-refractivity contribution is 7.88. The monoisotopic (exact) mass is 343 g/mol. The number of hydrogen-bond acceptors (Lipinski definition) is 6. The van der Waals surface area contributed by atoms with Gasteiger partial charge in [-0.1, -0.05) is 0 Å². The van der Waals surface area contributed by atoms with Gasteiger partial charge in [-0.3, -0.25) is 9.78 Å². The number of carbonyl (C=O) groups is 1. The van der Waals surface area contributed by atoms with Gasteiger partial charge in [0, 0.05) is 31.5 Å². The summed E-state index contributed by atoms with van der Waals surface area (Å²) >= 11 is 0. The van der Waals surface area contributed by atoms with E-state index in [9.17, 15) is 23.4 Å². The number of sulfonamides is 1. The second kappa shape index (κ2) is 6.52. The molecule has 0 aliphatic carbocycles. The maximum Gasteiger partial charge on any atom is 0.255 e. The third-order valence-electron chi connectivity index (χ3n) is 3.99. The van der Waals surface area contributed by atoms with E-state index in [1.54, 1.807) is 25.3 Å². The maximum absolute atomic E-state index is 12.5. The number of aliphatic hydroxyl groups excluding tert-OH is 1. The second-order valence-corrected chi connectivity index (χ2v) is 7.68. The summed E-state index contributed by atoms with van der Waals surface area (Å²) in [5.41, 5.74) is -0.560. The molecule has 128 valence electrons. The van der Waals surface area contributed by atoms with Crippen molar-refractivity contribution in [2.75, 3.05) is 25.9 Å². The van der Waals surface area contributed by atoms with Gasteiger partial charge in [0.05, 0.1) is 11.8 Å². The highest BCUT2D eigenvalue weighted by Crippen LogP contribution is 2.24. The Labute approximate surface area is 135 Å². The van der Waals surface area contributed by atoms with Crippen molar-refractivity contribution in [2.45, 2.75) is 25.0 Å². The van der Waals surface area contributed by atoms with E-state index < -0.39 is 21.7 Å². The number of aliphatic hydroxyl groups is 2. The van der Waals surface area contributed by atoms with Crippen molar-refractivity contribution in [3.8, 4) is 0 Å². The number of nitrogens with one attached hydrogen (secondary N) is 1. The van der Waals surface area contributed by atoms with Crippen LogP contribution in [0.2, 0.25) is 0 Å². The first-order valence-corrected chi connectivity index (χ1v) is 9.07. The van der Waals surface area contributed by atoms with Crippen LogP contribution in [0.3, 0.4) is 0 Å². The normalized spacial score (nSPS) is 25.4. The molecular weight excluding hydrogens is 322 g/mol. The fourth-order valence-corrected chi connectivity index (χ4v) is 3.00. The molecule has 1 fully saturated rings. The summed E-state index contributed by atoms with van der Waals surface area (Å²) < 4.78 is 24.5. The molecule has 9 heteroatoms. The molecule has 1 amide bonds. The Bertz CT molecular complexity index is 693. The summed E-state index contributed by atoms with van der Waals surface area (Å²) in [7, 11) is -3.47. The molecule has 0 saturated carbocycles. The number of pyridine rings is 1. The zero-order chi connectivity index (χ0) is 17.3. The van der Waals surface area contributed by atoms with E-state index in [1.165, 1.54) is 4.90 Å². The molecule has 1 aromatic rings. The van der Waals surface area contributed by atoms with E-state index in [-0.39, 0.29) is 32.0 Å². The van der Waals surface area contributed by atoms with Crippen molar-refractivity contribution in [3.63, 3.8) is 0 Å². The summed E-state index contributed by atoms with van der Waals surface area (Å²) in [6.07, 6.45) is 1.40. The van der Waals surface area contributed by atoms with Crippen LogP contribution in [0.5, 0.6) is 0 Å². The van der Waals surface area contributed by atoms with Crippen molar-refractivity contribution < 1.29 is 23.4 Å². The molecule has 8 nitrogen and oxygen atoms in total. The Morgan fingerprint density at radius 2 is 2.26 bits per heavy atom. The average molecular weight is 343 g/mol. The summed E-state index contributed by atoms with van der Waals surface area (Å²) in [5, 5.41) is 20.6. The largest absolute Gasteiger partial charge is 0.388 e. The zero-order valence-corrected chi connectivity index (χ0v) is 13.9. The minimum atomic E-state index is -3.47. The minimum absolute atomic E-state index is 0.0712. The number of β-amino-alcohol motifs (C(OH)–C–C–N with tert-alkyl or cyclic N) is 1. The molecule has 1 aliphatic rings. The molecule has 1 aliphatic heterocycles. The summed E-state index contributed by atoms with van der Waals surface area (Å²) in [6, 6.07) is 3.32. The first-order chi connectivity index (χ1) is 10.6. The number of likely N-dealkylation sites (tertiary alicyclic amines) is 1. The molecule has 1 aromatic heterocycles. The lowest BCUT2D eigenvalue weighted by atomic mass is 9.88. The number of piperidine rings is 1. The average Bonchev–Trinajstić information content (AvgIpc) is 2.47. The number of nitrogens with zero attached hydrogens (tertiary/aromatic N) is 2. The molecule has 2 atom stereocenters. The Balaban J connectivity index is 2.06. The molecule has 0 radical (unpaired) electrons. The van der Waals surface area contributed by atoms with E-state index >= 15 is 0 Å². The third kappa shape index (κ3) is 4.25. The van der Waals surface area contributed by atoms with Gasteiger partial charge in [-0.05, 0) is 25.5 Å². The molecule has 0 bridgehead atoms. The fraction of sp³-hybridized carbons (Fsp3) is 0.571. The van der Waals surface area contributed by atoms with Gasteiger partial charge in [-0.2, -0.15) is 0 Å². The number of carbonyl (C=O) groups excluding carboxylic acids is 1. The number of aromatic nitrogens is 1. The molecule has 2 heterocycles. The van der Waals surface area contributed by atoms with Crippen LogP contribution < -0.4 is 4.72 Å². The lowest BCUT2D eigenvalue weighted by Gasteiger charge is -2.42. The minimum Gasteiger partial charge on any atom is -0.388 e. The Kier molecular flexibility index (Phi) is 5.04. The van der Waals surface area contributed by atoms with Gasteiger partial charge >= 0.3 is 0 Å². The van der Waals surface area contributed by atoms with Gasteiger partial charge < -0.3 is 15.1 Å². The molecule has 0 aromatic carbocycles. The molecular formula is C14H21N3O5S. The van der Waals surface area contributed by atoms with Crippen molar-refractivity contribution in [1.82, 2.24) is 14.6 Å². The summed E-state index contributed by atoms with van der Waals surface area (Å²) in [5.74, 6) is -0.271. The second-order valence-electron chi connectivity index (χ2n) is 5.85. The summed E-state index contributed by atoms with van der Waals surface area (Å²) in [4.78, 5) is 18.0. The SMILES string of the molecule is Cc1ncccc1C(=O)N1CC[C@@](O)(CNS(C)(=O)=O)[C@H](O)C1. The first-order valence-electron chi connectivity index (χ1n) is 7.18. The van der Waals surface area contributed by atoms with Crippen molar-refractivity contribution in [2.24, 2.45) is 0 Å². The predicted molar refractivity (Wildman–Crippen MR) is 83.3 cm³/mol. The van der Waals surface area contributed by atoms with Crippen LogP contribution in [0.4, 0.5) is 0 Å². The van der Waals surface area contributed by atoms with Crippen molar-refractivity contribution in [3.05, 3.63) is 29.6 Å². The fourth-order valence-electron chi connectivity index (χ4n) is 2.49. The molecule has 0 unspecified atom stereocenters. The van der Waals surface area contributed by atoms with Gasteiger partial charge in [0.2, 0.25) is 10.0 Å². The Hall–Kier alpha value is -1.55. The maximum atomic E-state index is 12.5. The Morgan fingerprint density at radius 3 is 2.83 bits per heavy atom. The quantitative estimate of drug-likeness (QED) is 0.637. The van der Waals surface area contributed by atoms with Crippen LogP contribution in [0, 0.1) is 6.92 Å². The lowest BCUT2D eigenvalue weighted by Crippen LogP contribution is -2.61. The van der Waals surface area contributed by atoms with E-state index in [4.69, 9.17) is 0 Å². The molecule has 2 rings (SSSR count). The van der Waals surface area contributed by atoms with Gasteiger partial charge in [0.15, 0.2) is 0 Å². The standard InChI is InChI=1S/C14H21N3O5S/c1-10-11(4-3-6-15-10)13(19)17-7-5-14(20,12(18)8-17)9-16-23(2,21)22/h3-4,6,12,16,18,20H,5,7-9H2,1-2H3/t12-,14-/m1/s1. The smallest absolute Gasteiger partial charge is 0.255 e. The van der Waals surface area contributed by atoms with Crippen LogP contribution in [-0.2, 0) is 10.0 Å². The van der Waals surface area contributed by atoms with Crippen molar-refractivity contribution in [1.29, 1.82) is 0 Å². The van der Waals surface area contributed by atoms with Gasteiger partial charge in [0.25, 0.3) is 5.91 Å². The van der Waals surface area contributed by atoms with Crippen molar-refractivity contribution >= 4 is 15.9 Å². The molecule has 1 saturated heterocycles. The number of aryl methyl sites for hydroxylation is 1. The number of amides is 1. The van der Waals surface area contributed by atoms with E-state index in [0.29, 0.717) is 11.3 Å². The van der Waals surface area contributed by atoms with E-state index in [0.717, 1.165) is 6.26 Å². The zero-order valence-electron chi connectivity index (χ0n) is 13.1. The van der Waals surface area contributed by atoms with Crippen LogP contribution >= 0.6 is 0 Å². The predicted octanol–water partition coefficient (Wildman–Crippen LogP) is -1.12. The van der Waals surface area contributed by atoms with Crippen LogP contribution in [0.25, 0.3) is 0 Å². The van der Waals surface area contributed by atoms with Crippen LogP contribution in [0.15, 0.2) is 18.3 Å². The molecule has 0 spiro atoms. The van der Waals surface area contributed by atoms with Gasteiger partial charge in [-0.25, -0.2) is 13.1 Å². The van der Waals surface area contributed by atoms with Crippen LogP contribution in [0.1, 0.15) is 22.5 Å². The Morgan fingerprint density at radius 1 is 1.57 bits per heavy atom. The van der Waals surface area contributed by atoms with Gasteiger partial charge in [0.1, 0.15) is 11.7 Å². The van der Waals surface area contributed by atoms with E-state index in [1.807, 2.05) is 0 Å². The highest BCUT2D eigenvalue weighted by Gasteiger charge is 2.42.